The Morgan fingerprint density at radius 3 is 2.54 bits per heavy atom. The average molecular weight is 386 g/mol. The molecule has 1 amide bonds. The standard InChI is InChI=1S/C18H28FN3O3S/c1-4-26(24,25)22-10-8-14(9-11-22)18(23)20-13-17(21(2)3)15-6-5-7-16(19)12-15/h5-7,12,14,17H,4,8-11,13H2,1-3H3,(H,20,23). The number of piperidine rings is 1. The summed E-state index contributed by atoms with van der Waals surface area (Å²) in [6.45, 7) is 2.77. The molecule has 1 aliphatic heterocycles. The lowest BCUT2D eigenvalue weighted by Crippen LogP contribution is -2.44. The minimum atomic E-state index is -3.19. The maximum Gasteiger partial charge on any atom is 0.223 e. The Morgan fingerprint density at radius 2 is 2.00 bits per heavy atom. The summed E-state index contributed by atoms with van der Waals surface area (Å²) < 4.78 is 38.7. The highest BCUT2D eigenvalue weighted by Crippen LogP contribution is 2.22. The van der Waals surface area contributed by atoms with Gasteiger partial charge in [-0.2, -0.15) is 0 Å². The second-order valence-electron chi connectivity index (χ2n) is 6.85. The van der Waals surface area contributed by atoms with Crippen molar-refractivity contribution in [2.24, 2.45) is 5.92 Å². The van der Waals surface area contributed by atoms with Crippen LogP contribution in [0.25, 0.3) is 0 Å². The van der Waals surface area contributed by atoms with Crippen molar-refractivity contribution >= 4 is 15.9 Å². The van der Waals surface area contributed by atoms with Crippen LogP contribution in [-0.2, 0) is 14.8 Å². The minimum absolute atomic E-state index is 0.0678. The molecule has 1 aliphatic rings. The van der Waals surface area contributed by atoms with Gasteiger partial charge >= 0.3 is 0 Å². The molecule has 1 fully saturated rings. The lowest BCUT2D eigenvalue weighted by Gasteiger charge is -2.31. The number of benzene rings is 1. The quantitative estimate of drug-likeness (QED) is 0.774. The lowest BCUT2D eigenvalue weighted by atomic mass is 9.97. The summed E-state index contributed by atoms with van der Waals surface area (Å²) in [6, 6.07) is 6.24. The first-order valence-corrected chi connectivity index (χ1v) is 10.5. The number of likely N-dealkylation sites (N-methyl/N-ethyl adjacent to an activating group) is 1. The van der Waals surface area contributed by atoms with Crippen molar-refractivity contribution in [1.82, 2.24) is 14.5 Å². The molecule has 26 heavy (non-hydrogen) atoms. The molecule has 1 saturated heterocycles. The van der Waals surface area contributed by atoms with E-state index in [1.807, 2.05) is 25.1 Å². The number of nitrogens with zero attached hydrogens (tertiary/aromatic N) is 2. The molecule has 1 heterocycles. The average Bonchev–Trinajstić information content (AvgIpc) is 2.61. The van der Waals surface area contributed by atoms with E-state index < -0.39 is 10.0 Å². The zero-order valence-corrected chi connectivity index (χ0v) is 16.4. The summed E-state index contributed by atoms with van der Waals surface area (Å²) in [5.74, 6) is -0.470. The van der Waals surface area contributed by atoms with Crippen LogP contribution in [0, 0.1) is 11.7 Å². The third kappa shape index (κ3) is 5.25. The summed E-state index contributed by atoms with van der Waals surface area (Å²) in [4.78, 5) is 14.4. The number of hydrogen-bond donors (Lipinski definition) is 1. The molecular weight excluding hydrogens is 357 g/mol. The third-order valence-electron chi connectivity index (χ3n) is 4.91. The van der Waals surface area contributed by atoms with Gasteiger partial charge in [0, 0.05) is 25.6 Å². The van der Waals surface area contributed by atoms with Gasteiger partial charge < -0.3 is 10.2 Å². The van der Waals surface area contributed by atoms with E-state index in [4.69, 9.17) is 0 Å². The zero-order valence-electron chi connectivity index (χ0n) is 15.6. The fourth-order valence-electron chi connectivity index (χ4n) is 3.23. The molecule has 1 N–H and O–H groups in total. The molecule has 1 aromatic rings. The highest BCUT2D eigenvalue weighted by molar-refractivity contribution is 7.89. The van der Waals surface area contributed by atoms with Crippen LogP contribution in [-0.4, -0.2) is 63.0 Å². The Morgan fingerprint density at radius 1 is 1.35 bits per heavy atom. The normalized spacial score (nSPS) is 18.0. The van der Waals surface area contributed by atoms with Crippen molar-refractivity contribution in [2.75, 3.05) is 39.5 Å². The van der Waals surface area contributed by atoms with Gasteiger partial charge in [-0.1, -0.05) is 12.1 Å². The van der Waals surface area contributed by atoms with Crippen molar-refractivity contribution in [2.45, 2.75) is 25.8 Å². The molecule has 0 radical (unpaired) electrons. The second kappa shape index (κ2) is 8.92. The number of halogens is 1. The fourth-order valence-corrected chi connectivity index (χ4v) is 4.37. The molecule has 0 saturated carbocycles. The number of sulfonamides is 1. The highest BCUT2D eigenvalue weighted by Gasteiger charge is 2.30. The van der Waals surface area contributed by atoms with Crippen molar-refractivity contribution in [1.29, 1.82) is 0 Å². The molecule has 0 bridgehead atoms. The summed E-state index contributed by atoms with van der Waals surface area (Å²) in [5, 5.41) is 2.95. The first kappa shape index (κ1) is 20.8. The fraction of sp³-hybridized carbons (Fsp3) is 0.611. The number of rotatable bonds is 7. The Hall–Kier alpha value is -1.51. The minimum Gasteiger partial charge on any atom is -0.354 e. The summed E-state index contributed by atoms with van der Waals surface area (Å²) in [7, 11) is 0.581. The van der Waals surface area contributed by atoms with Crippen LogP contribution in [0.4, 0.5) is 4.39 Å². The summed E-state index contributed by atoms with van der Waals surface area (Å²) in [6.07, 6.45) is 1.05. The topological polar surface area (TPSA) is 69.7 Å². The van der Waals surface area contributed by atoms with Gasteiger partial charge in [0.2, 0.25) is 15.9 Å². The number of carbonyl (C=O) groups is 1. The molecule has 146 valence electrons. The van der Waals surface area contributed by atoms with E-state index >= 15 is 0 Å². The monoisotopic (exact) mass is 385 g/mol. The largest absolute Gasteiger partial charge is 0.354 e. The van der Waals surface area contributed by atoms with Crippen molar-refractivity contribution in [3.05, 3.63) is 35.6 Å². The number of hydrogen-bond acceptors (Lipinski definition) is 4. The second-order valence-corrected chi connectivity index (χ2v) is 9.11. The van der Waals surface area contributed by atoms with Gasteiger partial charge in [-0.25, -0.2) is 17.1 Å². The first-order chi connectivity index (χ1) is 12.2. The number of amides is 1. The maximum absolute atomic E-state index is 13.5. The Balaban J connectivity index is 1.91. The first-order valence-electron chi connectivity index (χ1n) is 8.92. The van der Waals surface area contributed by atoms with Crippen LogP contribution in [0.2, 0.25) is 0 Å². The Labute approximate surface area is 155 Å². The molecular formula is C18H28FN3O3S. The van der Waals surface area contributed by atoms with Gasteiger partial charge in [-0.05, 0) is 51.6 Å². The molecule has 1 atom stereocenters. The smallest absolute Gasteiger partial charge is 0.223 e. The van der Waals surface area contributed by atoms with Gasteiger partial charge in [0.05, 0.1) is 11.8 Å². The predicted octanol–water partition coefficient (Wildman–Crippen LogP) is 1.61. The van der Waals surface area contributed by atoms with Crippen LogP contribution in [0.3, 0.4) is 0 Å². The third-order valence-corrected chi connectivity index (χ3v) is 6.79. The van der Waals surface area contributed by atoms with Crippen molar-refractivity contribution in [3.8, 4) is 0 Å². The van der Waals surface area contributed by atoms with E-state index in [1.54, 1.807) is 13.0 Å². The summed E-state index contributed by atoms with van der Waals surface area (Å²) in [5.41, 5.74) is 0.805. The molecule has 1 aromatic carbocycles. The van der Waals surface area contributed by atoms with E-state index in [0.29, 0.717) is 32.5 Å². The maximum atomic E-state index is 13.5. The van der Waals surface area contributed by atoms with Crippen LogP contribution < -0.4 is 5.32 Å². The zero-order chi connectivity index (χ0) is 19.3. The molecule has 6 nitrogen and oxygen atoms in total. The highest BCUT2D eigenvalue weighted by atomic mass is 32.2. The van der Waals surface area contributed by atoms with E-state index in [-0.39, 0.29) is 29.4 Å². The molecule has 1 unspecified atom stereocenters. The SMILES string of the molecule is CCS(=O)(=O)N1CCC(C(=O)NCC(c2cccc(F)c2)N(C)C)CC1. The number of carbonyl (C=O) groups excluding carboxylic acids is 1. The lowest BCUT2D eigenvalue weighted by molar-refractivity contribution is -0.126. The van der Waals surface area contributed by atoms with Crippen LogP contribution in [0.5, 0.6) is 0 Å². The van der Waals surface area contributed by atoms with Crippen LogP contribution in [0.15, 0.2) is 24.3 Å². The van der Waals surface area contributed by atoms with E-state index in [0.717, 1.165) is 5.56 Å². The van der Waals surface area contributed by atoms with Gasteiger partial charge in [0.1, 0.15) is 5.82 Å². The van der Waals surface area contributed by atoms with Crippen LogP contribution in [0.1, 0.15) is 31.4 Å². The van der Waals surface area contributed by atoms with Crippen LogP contribution >= 0.6 is 0 Å². The van der Waals surface area contributed by atoms with Gasteiger partial charge in [-0.3, -0.25) is 4.79 Å². The Kier molecular flexibility index (Phi) is 7.14. The van der Waals surface area contributed by atoms with Crippen molar-refractivity contribution < 1.29 is 17.6 Å². The van der Waals surface area contributed by atoms with Gasteiger partial charge in [0.15, 0.2) is 0 Å². The number of nitrogens with one attached hydrogen (secondary N) is 1. The molecule has 0 aliphatic carbocycles. The van der Waals surface area contributed by atoms with E-state index in [9.17, 15) is 17.6 Å². The Bertz CT molecular complexity index is 716. The van der Waals surface area contributed by atoms with Gasteiger partial charge in [-0.15, -0.1) is 0 Å². The molecule has 8 heteroatoms. The predicted molar refractivity (Wildman–Crippen MR) is 99.6 cm³/mol. The van der Waals surface area contributed by atoms with E-state index in [2.05, 4.69) is 5.32 Å². The molecule has 0 spiro atoms. The molecule has 2 rings (SSSR count). The van der Waals surface area contributed by atoms with Crippen molar-refractivity contribution in [3.63, 3.8) is 0 Å². The van der Waals surface area contributed by atoms with Gasteiger partial charge in [0.25, 0.3) is 0 Å². The molecule has 0 aromatic heterocycles. The van der Waals surface area contributed by atoms with E-state index in [1.165, 1.54) is 16.4 Å². The summed E-state index contributed by atoms with van der Waals surface area (Å²) >= 11 is 0.